The van der Waals surface area contributed by atoms with E-state index in [1.165, 1.54) is 4.57 Å². The quantitative estimate of drug-likeness (QED) is 0.453. The molecule has 0 N–H and O–H groups in total. The Kier molecular flexibility index (Phi) is 5.60. The molecule has 0 aliphatic rings. The van der Waals surface area contributed by atoms with Crippen molar-refractivity contribution in [3.8, 4) is 28.0 Å². The Bertz CT molecular complexity index is 1490. The number of hydrogen-bond donors (Lipinski definition) is 0. The van der Waals surface area contributed by atoms with Crippen LogP contribution in [0.25, 0.3) is 33.0 Å². The monoisotopic (exact) mass is 448 g/mol. The molecule has 0 saturated heterocycles. The van der Waals surface area contributed by atoms with Gasteiger partial charge >= 0.3 is 0 Å². The predicted octanol–water partition coefficient (Wildman–Crippen LogP) is 4.38. The van der Waals surface area contributed by atoms with Gasteiger partial charge in [-0.25, -0.2) is 8.42 Å². The molecule has 0 saturated carbocycles. The van der Waals surface area contributed by atoms with E-state index in [0.29, 0.717) is 22.3 Å². The highest BCUT2D eigenvalue weighted by Gasteiger charge is 2.19. The molecule has 164 valence electrons. The van der Waals surface area contributed by atoms with Crippen molar-refractivity contribution in [2.75, 3.05) is 12.9 Å². The van der Waals surface area contributed by atoms with Crippen LogP contribution in [0.5, 0.6) is 5.75 Å². The van der Waals surface area contributed by atoms with Gasteiger partial charge in [0, 0.05) is 47.2 Å². The lowest BCUT2D eigenvalue weighted by molar-refractivity contribution is 0.416. The second-order valence-corrected chi connectivity index (χ2v) is 9.95. The number of aryl methyl sites for hydroxylation is 2. The fraction of sp³-hybridized carbons (Fsp3) is 0.200. The molecule has 0 bridgehead atoms. The van der Waals surface area contributed by atoms with Crippen molar-refractivity contribution in [1.29, 1.82) is 0 Å². The number of sulfone groups is 1. The average molecular weight is 449 g/mol. The first-order chi connectivity index (χ1) is 15.2. The van der Waals surface area contributed by atoms with Crippen LogP contribution >= 0.6 is 0 Å². The van der Waals surface area contributed by atoms with Gasteiger partial charge in [0.1, 0.15) is 5.75 Å². The lowest BCUT2D eigenvalue weighted by atomic mass is 9.96. The zero-order chi connectivity index (χ0) is 23.0. The Balaban J connectivity index is 2.05. The van der Waals surface area contributed by atoms with Crippen LogP contribution in [-0.2, 0) is 16.9 Å². The molecule has 0 fully saturated rings. The van der Waals surface area contributed by atoms with Gasteiger partial charge in [-0.05, 0) is 54.3 Å². The average Bonchev–Trinajstić information content (AvgIpc) is 2.81. The summed E-state index contributed by atoms with van der Waals surface area (Å²) in [6.45, 7) is 3.54. The van der Waals surface area contributed by atoms with Gasteiger partial charge in [-0.2, -0.15) is 0 Å². The van der Waals surface area contributed by atoms with E-state index in [2.05, 4.69) is 4.98 Å². The van der Waals surface area contributed by atoms with E-state index in [1.807, 2.05) is 31.2 Å². The summed E-state index contributed by atoms with van der Waals surface area (Å²) in [5.41, 5.74) is 3.96. The molecule has 0 unspecified atom stereocenters. The van der Waals surface area contributed by atoms with E-state index in [4.69, 9.17) is 4.74 Å². The first kappa shape index (κ1) is 21.8. The summed E-state index contributed by atoms with van der Waals surface area (Å²) < 4.78 is 32.1. The van der Waals surface area contributed by atoms with Gasteiger partial charge < -0.3 is 9.30 Å². The third-order valence-electron chi connectivity index (χ3n) is 5.63. The predicted molar refractivity (Wildman–Crippen MR) is 127 cm³/mol. The van der Waals surface area contributed by atoms with Crippen molar-refractivity contribution >= 4 is 20.6 Å². The number of rotatable bonds is 5. The van der Waals surface area contributed by atoms with Gasteiger partial charge in [0.15, 0.2) is 9.84 Å². The first-order valence-electron chi connectivity index (χ1n) is 10.2. The Hall–Kier alpha value is -3.45. The van der Waals surface area contributed by atoms with Crippen molar-refractivity contribution < 1.29 is 13.2 Å². The Morgan fingerprint density at radius 1 is 0.969 bits per heavy atom. The van der Waals surface area contributed by atoms with Gasteiger partial charge in [0.05, 0.1) is 17.8 Å². The summed E-state index contributed by atoms with van der Waals surface area (Å²) in [6, 6.07) is 14.4. The summed E-state index contributed by atoms with van der Waals surface area (Å²) >= 11 is 0. The molecule has 0 spiro atoms. The molecule has 0 atom stereocenters. The smallest absolute Gasteiger partial charge is 0.258 e. The minimum absolute atomic E-state index is 0.00261. The number of ether oxygens (including phenoxy) is 1. The third-order valence-corrected chi connectivity index (χ3v) is 7.36. The molecular formula is C25H24N2O4S. The molecule has 0 amide bonds. The van der Waals surface area contributed by atoms with Crippen molar-refractivity contribution in [1.82, 2.24) is 9.55 Å². The number of hydrogen-bond acceptors (Lipinski definition) is 5. The van der Waals surface area contributed by atoms with E-state index >= 15 is 0 Å². The summed E-state index contributed by atoms with van der Waals surface area (Å²) in [6.07, 6.45) is 3.52. The maximum absolute atomic E-state index is 12.9. The number of pyridine rings is 2. The van der Waals surface area contributed by atoms with Crippen LogP contribution in [0.2, 0.25) is 0 Å². The molecule has 6 nitrogen and oxygen atoms in total. The van der Waals surface area contributed by atoms with E-state index in [0.717, 1.165) is 22.2 Å². The number of benzene rings is 2. The molecule has 0 aliphatic carbocycles. The fourth-order valence-electron chi connectivity index (χ4n) is 3.76. The highest BCUT2D eigenvalue weighted by Crippen LogP contribution is 2.37. The van der Waals surface area contributed by atoms with E-state index in [9.17, 15) is 13.2 Å². The standard InChI is InChI=1S/C25H24N2O4S/c1-5-32(29,30)19-9-11-24(31-4)22(13-19)23-15-27(3)25(28)20-10-8-17(12-21(20)23)18-7-6-16(2)26-14-18/h6-15H,5H2,1-4H3. The highest BCUT2D eigenvalue weighted by molar-refractivity contribution is 7.91. The van der Waals surface area contributed by atoms with Crippen molar-refractivity contribution in [2.45, 2.75) is 18.7 Å². The van der Waals surface area contributed by atoms with Crippen LogP contribution in [0.3, 0.4) is 0 Å². The van der Waals surface area contributed by atoms with Gasteiger partial charge in [0.25, 0.3) is 5.56 Å². The molecular weight excluding hydrogens is 424 g/mol. The van der Waals surface area contributed by atoms with E-state index < -0.39 is 9.84 Å². The molecule has 32 heavy (non-hydrogen) atoms. The molecule has 4 rings (SSSR count). The number of nitrogens with zero attached hydrogens (tertiary/aromatic N) is 2. The maximum Gasteiger partial charge on any atom is 0.258 e. The summed E-state index contributed by atoms with van der Waals surface area (Å²) in [4.78, 5) is 17.4. The lowest BCUT2D eigenvalue weighted by Crippen LogP contribution is -2.16. The summed E-state index contributed by atoms with van der Waals surface area (Å²) in [7, 11) is -0.188. The fourth-order valence-corrected chi connectivity index (χ4v) is 4.66. The van der Waals surface area contributed by atoms with Crippen LogP contribution in [0, 0.1) is 6.92 Å². The molecule has 2 aromatic heterocycles. The van der Waals surface area contributed by atoms with Crippen LogP contribution in [0.1, 0.15) is 12.6 Å². The second kappa shape index (κ2) is 8.24. The van der Waals surface area contributed by atoms with E-state index in [1.54, 1.807) is 57.7 Å². The maximum atomic E-state index is 12.9. The SMILES string of the molecule is CCS(=O)(=O)c1ccc(OC)c(-c2cn(C)c(=O)c3ccc(-c4ccc(C)nc4)cc23)c1. The van der Waals surface area contributed by atoms with Crippen LogP contribution in [0.4, 0.5) is 0 Å². The van der Waals surface area contributed by atoms with Crippen molar-refractivity contribution in [3.05, 3.63) is 77.0 Å². The van der Waals surface area contributed by atoms with Crippen LogP contribution in [-0.4, -0.2) is 30.8 Å². The van der Waals surface area contributed by atoms with Crippen molar-refractivity contribution in [2.24, 2.45) is 7.05 Å². The Morgan fingerprint density at radius 3 is 2.38 bits per heavy atom. The van der Waals surface area contributed by atoms with Crippen molar-refractivity contribution in [3.63, 3.8) is 0 Å². The van der Waals surface area contributed by atoms with Crippen LogP contribution < -0.4 is 10.3 Å². The zero-order valence-corrected chi connectivity index (χ0v) is 19.2. The second-order valence-electron chi connectivity index (χ2n) is 7.67. The lowest BCUT2D eigenvalue weighted by Gasteiger charge is -2.15. The zero-order valence-electron chi connectivity index (χ0n) is 18.4. The largest absolute Gasteiger partial charge is 0.496 e. The normalized spacial score (nSPS) is 11.6. The molecule has 0 radical (unpaired) electrons. The van der Waals surface area contributed by atoms with Crippen LogP contribution in [0.15, 0.2) is 70.6 Å². The topological polar surface area (TPSA) is 78.3 Å². The third kappa shape index (κ3) is 3.80. The minimum Gasteiger partial charge on any atom is -0.496 e. The molecule has 0 aliphatic heterocycles. The number of methoxy groups -OCH3 is 1. The minimum atomic E-state index is -3.41. The van der Waals surface area contributed by atoms with Gasteiger partial charge in [0.2, 0.25) is 0 Å². The molecule has 4 aromatic rings. The number of fused-ring (bicyclic) bond motifs is 1. The molecule has 2 heterocycles. The van der Waals surface area contributed by atoms with Gasteiger partial charge in [-0.1, -0.05) is 19.1 Å². The number of aromatic nitrogens is 2. The van der Waals surface area contributed by atoms with E-state index in [-0.39, 0.29) is 16.2 Å². The molecule has 2 aromatic carbocycles. The summed E-state index contributed by atoms with van der Waals surface area (Å²) in [5, 5.41) is 1.26. The Morgan fingerprint density at radius 2 is 1.72 bits per heavy atom. The Labute approximate surface area is 187 Å². The summed E-state index contributed by atoms with van der Waals surface area (Å²) in [5.74, 6) is 0.527. The van der Waals surface area contributed by atoms with Gasteiger partial charge in [-0.15, -0.1) is 0 Å². The molecule has 7 heteroatoms. The first-order valence-corrected chi connectivity index (χ1v) is 11.9. The van der Waals surface area contributed by atoms with Gasteiger partial charge in [-0.3, -0.25) is 9.78 Å². The highest BCUT2D eigenvalue weighted by atomic mass is 32.2.